The van der Waals surface area contributed by atoms with Crippen LogP contribution in [-0.4, -0.2) is 37.8 Å². The average molecular weight is 356 g/mol. The highest BCUT2D eigenvalue weighted by Gasteiger charge is 2.21. The zero-order valence-electron chi connectivity index (χ0n) is 11.4. The Morgan fingerprint density at radius 3 is 2.52 bits per heavy atom. The molecule has 0 radical (unpaired) electrons. The third-order valence-corrected chi connectivity index (χ3v) is 3.60. The van der Waals surface area contributed by atoms with Crippen molar-refractivity contribution in [2.45, 2.75) is 0 Å². The molecule has 0 unspecified atom stereocenters. The number of rotatable bonds is 2. The van der Waals surface area contributed by atoms with Crippen molar-refractivity contribution in [2.75, 3.05) is 7.11 Å². The normalized spacial score (nSPS) is 10.9. The first kappa shape index (κ1) is 15.3. The van der Waals surface area contributed by atoms with Crippen molar-refractivity contribution < 1.29 is 9.53 Å². The number of halogens is 2. The highest BCUT2D eigenvalue weighted by molar-refractivity contribution is 6.37. The first-order valence-corrected chi connectivity index (χ1v) is 6.82. The minimum Gasteiger partial charge on any atom is -0.464 e. The van der Waals surface area contributed by atoms with Gasteiger partial charge in [-0.3, -0.25) is 14.9 Å². The van der Waals surface area contributed by atoms with Crippen molar-refractivity contribution in [1.29, 1.82) is 0 Å². The first-order valence-electron chi connectivity index (χ1n) is 6.06. The summed E-state index contributed by atoms with van der Waals surface area (Å²) in [7, 11) is 1.16. The van der Waals surface area contributed by atoms with Crippen molar-refractivity contribution in [2.24, 2.45) is 0 Å². The molecule has 3 heterocycles. The zero-order chi connectivity index (χ0) is 16.7. The van der Waals surface area contributed by atoms with Crippen LogP contribution in [0.15, 0.2) is 22.0 Å². The number of esters is 1. The standard InChI is InChI=1S/C12H7Cl2N5O4/c1-23-11(21)8-6-7(17-18-8)10(20)19(12(22)16-6)9-4(13)2-15-3-5(9)14/h2-3H,1H3,(H,16,22)(H,17,18). The predicted molar refractivity (Wildman–Crippen MR) is 81.5 cm³/mol. The van der Waals surface area contributed by atoms with Crippen LogP contribution in [0, 0.1) is 0 Å². The number of carbonyl (C=O) groups excluding carboxylic acids is 1. The van der Waals surface area contributed by atoms with Crippen molar-refractivity contribution in [3.63, 3.8) is 0 Å². The van der Waals surface area contributed by atoms with Gasteiger partial charge in [0.25, 0.3) is 5.56 Å². The molecule has 3 aromatic rings. The van der Waals surface area contributed by atoms with E-state index < -0.39 is 17.2 Å². The molecule has 0 bridgehead atoms. The van der Waals surface area contributed by atoms with E-state index in [0.717, 1.165) is 11.7 Å². The van der Waals surface area contributed by atoms with E-state index in [2.05, 4.69) is 24.9 Å². The Morgan fingerprint density at radius 2 is 1.91 bits per heavy atom. The fourth-order valence-corrected chi connectivity index (χ4v) is 2.58. The quantitative estimate of drug-likeness (QED) is 0.658. The van der Waals surface area contributed by atoms with Crippen LogP contribution in [-0.2, 0) is 4.74 Å². The van der Waals surface area contributed by atoms with E-state index in [-0.39, 0.29) is 32.5 Å². The van der Waals surface area contributed by atoms with Gasteiger partial charge in [-0.2, -0.15) is 5.10 Å². The number of carbonyl (C=O) groups is 1. The average Bonchev–Trinajstić information content (AvgIpc) is 2.93. The topological polar surface area (TPSA) is 123 Å². The Bertz CT molecular complexity index is 1030. The summed E-state index contributed by atoms with van der Waals surface area (Å²) < 4.78 is 5.26. The van der Waals surface area contributed by atoms with Gasteiger partial charge in [0, 0.05) is 12.4 Å². The molecule has 0 aliphatic rings. The first-order chi connectivity index (χ1) is 11.0. The highest BCUT2D eigenvalue weighted by Crippen LogP contribution is 2.25. The maximum atomic E-state index is 12.5. The summed E-state index contributed by atoms with van der Waals surface area (Å²) in [5.41, 5.74) is -2.05. The van der Waals surface area contributed by atoms with E-state index >= 15 is 0 Å². The second-order valence-corrected chi connectivity index (χ2v) is 5.15. The lowest BCUT2D eigenvalue weighted by Crippen LogP contribution is -2.34. The molecule has 0 aromatic carbocycles. The van der Waals surface area contributed by atoms with Gasteiger partial charge in [-0.15, -0.1) is 0 Å². The van der Waals surface area contributed by atoms with Gasteiger partial charge >= 0.3 is 11.7 Å². The number of methoxy groups -OCH3 is 1. The number of ether oxygens (including phenoxy) is 1. The lowest BCUT2D eigenvalue weighted by molar-refractivity contribution is 0.0596. The number of hydrogen-bond acceptors (Lipinski definition) is 6. The molecular formula is C12H7Cl2N5O4. The van der Waals surface area contributed by atoms with Gasteiger partial charge in [0.15, 0.2) is 11.2 Å². The summed E-state index contributed by atoms with van der Waals surface area (Å²) >= 11 is 12.0. The van der Waals surface area contributed by atoms with Gasteiger partial charge in [0.1, 0.15) is 5.52 Å². The third-order valence-electron chi connectivity index (χ3n) is 3.05. The fraction of sp³-hybridized carbons (Fsp3) is 0.0833. The number of aromatic nitrogens is 5. The minimum absolute atomic E-state index is 0.00757. The molecule has 0 fully saturated rings. The molecule has 118 valence electrons. The molecule has 0 atom stereocenters. The number of aromatic amines is 2. The van der Waals surface area contributed by atoms with Gasteiger partial charge in [0.2, 0.25) is 0 Å². The second-order valence-electron chi connectivity index (χ2n) is 4.34. The molecule has 0 spiro atoms. The Balaban J connectivity index is 2.40. The molecule has 0 saturated heterocycles. The largest absolute Gasteiger partial charge is 0.464 e. The van der Waals surface area contributed by atoms with E-state index in [1.54, 1.807) is 0 Å². The molecule has 9 nitrogen and oxygen atoms in total. The van der Waals surface area contributed by atoms with E-state index in [4.69, 9.17) is 23.2 Å². The van der Waals surface area contributed by atoms with Crippen molar-refractivity contribution in [3.8, 4) is 5.69 Å². The van der Waals surface area contributed by atoms with Crippen LogP contribution in [0.25, 0.3) is 16.7 Å². The number of hydrogen-bond donors (Lipinski definition) is 2. The van der Waals surface area contributed by atoms with Gasteiger partial charge in [0.05, 0.1) is 22.8 Å². The summed E-state index contributed by atoms with van der Waals surface area (Å²) in [6.45, 7) is 0. The van der Waals surface area contributed by atoms with E-state index in [9.17, 15) is 14.4 Å². The minimum atomic E-state index is -0.843. The molecule has 23 heavy (non-hydrogen) atoms. The molecule has 0 aliphatic carbocycles. The Morgan fingerprint density at radius 1 is 1.26 bits per heavy atom. The number of pyridine rings is 1. The Kier molecular flexibility index (Phi) is 3.66. The predicted octanol–water partition coefficient (Wildman–Crippen LogP) is 0.891. The van der Waals surface area contributed by atoms with Crippen molar-refractivity contribution in [3.05, 3.63) is 49.0 Å². The third kappa shape index (κ3) is 2.30. The van der Waals surface area contributed by atoms with E-state index in [0.29, 0.717) is 0 Å². The van der Waals surface area contributed by atoms with Crippen LogP contribution in [0.2, 0.25) is 10.0 Å². The number of H-pyrrole nitrogens is 2. The summed E-state index contributed by atoms with van der Waals surface area (Å²) in [5, 5.41) is 6.11. The van der Waals surface area contributed by atoms with Gasteiger partial charge < -0.3 is 9.72 Å². The fourth-order valence-electron chi connectivity index (χ4n) is 2.05. The molecule has 0 aliphatic heterocycles. The SMILES string of the molecule is COC(=O)c1[nH]nc2c(=O)n(-c3c(Cl)cncc3Cl)c(=O)[nH]c12. The molecule has 0 saturated carbocycles. The van der Waals surface area contributed by atoms with Crippen LogP contribution in [0.1, 0.15) is 10.5 Å². The van der Waals surface area contributed by atoms with Gasteiger partial charge in [-0.05, 0) is 0 Å². The zero-order valence-corrected chi connectivity index (χ0v) is 12.9. The highest BCUT2D eigenvalue weighted by atomic mass is 35.5. The van der Waals surface area contributed by atoms with Crippen molar-refractivity contribution in [1.82, 2.24) is 24.7 Å². The summed E-state index contributed by atoms with van der Waals surface area (Å²) in [6.07, 6.45) is 2.48. The monoisotopic (exact) mass is 355 g/mol. The van der Waals surface area contributed by atoms with E-state index in [1.165, 1.54) is 12.4 Å². The molecule has 0 amide bonds. The van der Waals surface area contributed by atoms with Gasteiger partial charge in [-0.25, -0.2) is 14.2 Å². The Labute approximate surface area is 136 Å². The van der Waals surface area contributed by atoms with Crippen LogP contribution >= 0.6 is 23.2 Å². The summed E-state index contributed by atoms with van der Waals surface area (Å²) in [4.78, 5) is 42.6. The number of nitrogens with zero attached hydrogens (tertiary/aromatic N) is 3. The molecule has 11 heteroatoms. The summed E-state index contributed by atoms with van der Waals surface area (Å²) in [6, 6.07) is 0. The second kappa shape index (κ2) is 5.52. The van der Waals surface area contributed by atoms with Crippen LogP contribution in [0.4, 0.5) is 0 Å². The summed E-state index contributed by atoms with van der Waals surface area (Å²) in [5.74, 6) is -0.778. The smallest absolute Gasteiger partial charge is 0.358 e. The van der Waals surface area contributed by atoms with Crippen molar-refractivity contribution >= 4 is 40.2 Å². The van der Waals surface area contributed by atoms with Gasteiger partial charge in [-0.1, -0.05) is 23.2 Å². The maximum Gasteiger partial charge on any atom is 0.358 e. The van der Waals surface area contributed by atoms with Crippen LogP contribution in [0.5, 0.6) is 0 Å². The molecule has 2 N–H and O–H groups in total. The number of fused-ring (bicyclic) bond motifs is 1. The molecule has 3 aromatic heterocycles. The number of nitrogens with one attached hydrogen (secondary N) is 2. The van der Waals surface area contributed by atoms with Crippen LogP contribution in [0.3, 0.4) is 0 Å². The van der Waals surface area contributed by atoms with Crippen LogP contribution < -0.4 is 11.2 Å². The molecular weight excluding hydrogens is 349 g/mol. The lowest BCUT2D eigenvalue weighted by atomic mass is 10.3. The van der Waals surface area contributed by atoms with E-state index in [1.807, 2.05) is 0 Å². The molecule has 3 rings (SSSR count). The Hall–Kier alpha value is -2.65. The lowest BCUT2D eigenvalue weighted by Gasteiger charge is -2.08. The maximum absolute atomic E-state index is 12.5.